The molecule has 0 amide bonds. The summed E-state index contributed by atoms with van der Waals surface area (Å²) < 4.78 is 0.375. The third-order valence-electron chi connectivity index (χ3n) is 2.15. The van der Waals surface area contributed by atoms with Crippen LogP contribution in [0.3, 0.4) is 0 Å². The second kappa shape index (κ2) is 1.44. The van der Waals surface area contributed by atoms with Crippen LogP contribution in [0.25, 0.3) is 0 Å². The molecule has 0 bridgehead atoms. The highest BCUT2D eigenvalue weighted by Gasteiger charge is 2.35. The van der Waals surface area contributed by atoms with Gasteiger partial charge in [-0.2, -0.15) is 12.6 Å². The van der Waals surface area contributed by atoms with Crippen molar-refractivity contribution in [3.8, 4) is 0 Å². The lowest BCUT2D eigenvalue weighted by molar-refractivity contribution is 0.326. The van der Waals surface area contributed by atoms with E-state index in [1.165, 1.54) is 12.8 Å². The van der Waals surface area contributed by atoms with E-state index >= 15 is 0 Å². The van der Waals surface area contributed by atoms with Crippen LogP contribution in [0.15, 0.2) is 0 Å². The standard InChI is InChI=1S/C5H11BS/c1-4-2-3-5(4,6)7/h4,7H,2-3,6H2,1H3. The number of rotatable bonds is 0. The van der Waals surface area contributed by atoms with E-state index in [1.807, 2.05) is 0 Å². The van der Waals surface area contributed by atoms with Gasteiger partial charge in [0.25, 0.3) is 0 Å². The Morgan fingerprint density at radius 3 is 2.29 bits per heavy atom. The molecule has 1 saturated carbocycles. The van der Waals surface area contributed by atoms with Crippen LogP contribution in [0.5, 0.6) is 0 Å². The van der Waals surface area contributed by atoms with Crippen molar-refractivity contribution in [3.63, 3.8) is 0 Å². The molecule has 0 nitrogen and oxygen atoms in total. The first-order valence-corrected chi connectivity index (χ1v) is 3.30. The Balaban J connectivity index is 2.43. The fourth-order valence-electron chi connectivity index (χ4n) is 0.851. The molecule has 0 radical (unpaired) electrons. The molecule has 1 fully saturated rings. The predicted molar refractivity (Wildman–Crippen MR) is 38.7 cm³/mol. The van der Waals surface area contributed by atoms with Crippen LogP contribution in [-0.4, -0.2) is 12.5 Å². The second-order valence-corrected chi connectivity index (χ2v) is 3.82. The average Bonchev–Trinajstić information content (AvgIpc) is 1.63. The van der Waals surface area contributed by atoms with Gasteiger partial charge in [-0.25, -0.2) is 0 Å². The van der Waals surface area contributed by atoms with E-state index in [9.17, 15) is 0 Å². The third-order valence-corrected chi connectivity index (χ3v) is 2.81. The van der Waals surface area contributed by atoms with Crippen molar-refractivity contribution >= 4 is 20.5 Å². The van der Waals surface area contributed by atoms with Crippen molar-refractivity contribution in [1.29, 1.82) is 0 Å². The van der Waals surface area contributed by atoms with Crippen molar-refractivity contribution in [2.24, 2.45) is 5.92 Å². The van der Waals surface area contributed by atoms with Crippen LogP contribution in [0.4, 0.5) is 0 Å². The molecular formula is C5H11BS. The van der Waals surface area contributed by atoms with Gasteiger partial charge in [0.1, 0.15) is 7.85 Å². The lowest BCUT2D eigenvalue weighted by Gasteiger charge is -2.41. The lowest BCUT2D eigenvalue weighted by Crippen LogP contribution is -2.40. The Morgan fingerprint density at radius 1 is 1.86 bits per heavy atom. The van der Waals surface area contributed by atoms with Crippen LogP contribution >= 0.6 is 12.6 Å². The maximum absolute atomic E-state index is 4.44. The van der Waals surface area contributed by atoms with Crippen molar-refractivity contribution in [2.45, 2.75) is 24.4 Å². The number of thiol groups is 1. The topological polar surface area (TPSA) is 0 Å². The summed E-state index contributed by atoms with van der Waals surface area (Å²) in [5.41, 5.74) is 0. The molecule has 2 heteroatoms. The first-order valence-electron chi connectivity index (χ1n) is 2.85. The molecule has 40 valence electrons. The maximum atomic E-state index is 4.44. The average molecular weight is 114 g/mol. The summed E-state index contributed by atoms with van der Waals surface area (Å²) in [5, 5.41) is 0. The first kappa shape index (κ1) is 5.55. The summed E-state index contributed by atoms with van der Waals surface area (Å²) in [5.74, 6) is 0.843. The van der Waals surface area contributed by atoms with Gasteiger partial charge in [0, 0.05) is 0 Å². The molecule has 0 saturated heterocycles. The molecule has 0 aliphatic heterocycles. The van der Waals surface area contributed by atoms with Crippen LogP contribution in [0, 0.1) is 5.92 Å². The molecule has 2 atom stereocenters. The fourth-order valence-corrected chi connectivity index (χ4v) is 1.11. The molecule has 1 aliphatic carbocycles. The van der Waals surface area contributed by atoms with Gasteiger partial charge < -0.3 is 0 Å². The van der Waals surface area contributed by atoms with E-state index in [-0.39, 0.29) is 0 Å². The summed E-state index contributed by atoms with van der Waals surface area (Å²) in [4.78, 5) is 0. The van der Waals surface area contributed by atoms with Gasteiger partial charge in [-0.1, -0.05) is 6.92 Å². The quantitative estimate of drug-likeness (QED) is 0.347. The van der Waals surface area contributed by atoms with Crippen molar-refractivity contribution in [1.82, 2.24) is 0 Å². The zero-order chi connectivity index (χ0) is 5.49. The highest BCUT2D eigenvalue weighted by Crippen LogP contribution is 2.40. The number of hydrogen-bond donors (Lipinski definition) is 1. The molecule has 7 heavy (non-hydrogen) atoms. The summed E-state index contributed by atoms with van der Waals surface area (Å²) in [6.45, 7) is 2.26. The fraction of sp³-hybridized carbons (Fsp3) is 1.00. The van der Waals surface area contributed by atoms with Crippen LogP contribution < -0.4 is 0 Å². The summed E-state index contributed by atoms with van der Waals surface area (Å²) >= 11 is 4.44. The third kappa shape index (κ3) is 0.811. The van der Waals surface area contributed by atoms with E-state index in [1.54, 1.807) is 0 Å². The SMILES string of the molecule is BC1(S)CCC1C. The van der Waals surface area contributed by atoms with E-state index < -0.39 is 0 Å². The van der Waals surface area contributed by atoms with Gasteiger partial charge in [0.2, 0.25) is 0 Å². The molecule has 0 spiro atoms. The van der Waals surface area contributed by atoms with Gasteiger partial charge in [-0.05, 0) is 23.4 Å². The smallest absolute Gasteiger partial charge is 0.122 e. The normalized spacial score (nSPS) is 50.9. The van der Waals surface area contributed by atoms with E-state index in [0.717, 1.165) is 5.92 Å². The Morgan fingerprint density at radius 2 is 2.29 bits per heavy atom. The number of hydrogen-bond acceptors (Lipinski definition) is 1. The summed E-state index contributed by atoms with van der Waals surface area (Å²) in [6.07, 6.45) is 2.68. The largest absolute Gasteiger partial charge is 0.181 e. The minimum absolute atomic E-state index is 0.375. The first-order chi connectivity index (χ1) is 3.13. The van der Waals surface area contributed by atoms with Gasteiger partial charge >= 0.3 is 0 Å². The summed E-state index contributed by atoms with van der Waals surface area (Å²) in [7, 11) is 2.21. The maximum Gasteiger partial charge on any atom is 0.122 e. The van der Waals surface area contributed by atoms with E-state index in [2.05, 4.69) is 27.4 Å². The highest BCUT2D eigenvalue weighted by molar-refractivity contribution is 7.83. The van der Waals surface area contributed by atoms with Gasteiger partial charge in [0.05, 0.1) is 0 Å². The minimum Gasteiger partial charge on any atom is -0.181 e. The summed E-state index contributed by atoms with van der Waals surface area (Å²) in [6, 6.07) is 0. The molecule has 1 aliphatic rings. The molecule has 0 heterocycles. The molecule has 0 aromatic heterocycles. The zero-order valence-corrected chi connectivity index (χ0v) is 5.83. The van der Waals surface area contributed by atoms with Crippen molar-refractivity contribution < 1.29 is 0 Å². The predicted octanol–water partition coefficient (Wildman–Crippen LogP) is 0.675. The van der Waals surface area contributed by atoms with E-state index in [0.29, 0.717) is 4.65 Å². The molecular weight excluding hydrogens is 103 g/mol. The van der Waals surface area contributed by atoms with Gasteiger partial charge in [-0.3, -0.25) is 0 Å². The molecule has 0 aromatic carbocycles. The highest BCUT2D eigenvalue weighted by atomic mass is 32.1. The van der Waals surface area contributed by atoms with Crippen molar-refractivity contribution in [2.75, 3.05) is 0 Å². The van der Waals surface area contributed by atoms with E-state index in [4.69, 9.17) is 0 Å². The van der Waals surface area contributed by atoms with Crippen molar-refractivity contribution in [3.05, 3.63) is 0 Å². The van der Waals surface area contributed by atoms with Crippen LogP contribution in [-0.2, 0) is 0 Å². The lowest BCUT2D eigenvalue weighted by atomic mass is 9.62. The Hall–Kier alpha value is 0.415. The Labute approximate surface area is 51.5 Å². The second-order valence-electron chi connectivity index (χ2n) is 2.80. The molecule has 0 N–H and O–H groups in total. The zero-order valence-electron chi connectivity index (χ0n) is 4.94. The molecule has 2 unspecified atom stereocenters. The molecule has 1 rings (SSSR count). The minimum atomic E-state index is 0.375. The Kier molecular flexibility index (Phi) is 1.14. The van der Waals surface area contributed by atoms with Gasteiger partial charge in [0.15, 0.2) is 0 Å². The van der Waals surface area contributed by atoms with Crippen LogP contribution in [0.2, 0.25) is 0 Å². The van der Waals surface area contributed by atoms with Gasteiger partial charge in [-0.15, -0.1) is 0 Å². The molecule has 0 aromatic rings. The Bertz CT molecular complexity index is 80.1. The monoisotopic (exact) mass is 114 g/mol. The van der Waals surface area contributed by atoms with Crippen LogP contribution in [0.1, 0.15) is 19.8 Å².